The van der Waals surface area contributed by atoms with E-state index in [1.165, 1.54) is 25.7 Å². The predicted octanol–water partition coefficient (Wildman–Crippen LogP) is 3.72. The highest BCUT2D eigenvalue weighted by molar-refractivity contribution is 5.03. The molecule has 0 bridgehead atoms. The zero-order chi connectivity index (χ0) is 15.9. The molecule has 0 radical (unpaired) electrons. The molecule has 0 amide bonds. The monoisotopic (exact) mass is 294 g/mol. The van der Waals surface area contributed by atoms with Gasteiger partial charge in [0.2, 0.25) is 0 Å². The minimum Gasteiger partial charge on any atom is -0.295 e. The number of hydrogen-bond donors (Lipinski definition) is 1. The van der Waals surface area contributed by atoms with Gasteiger partial charge in [-0.15, -0.1) is 0 Å². The fourth-order valence-corrected chi connectivity index (χ4v) is 2.85. The number of aromatic amines is 1. The summed E-state index contributed by atoms with van der Waals surface area (Å²) in [5.74, 6) is 0. The number of hydrogen-bond acceptors (Lipinski definition) is 2. The summed E-state index contributed by atoms with van der Waals surface area (Å²) >= 11 is 0. The average Bonchev–Trinajstić information content (AvgIpc) is 2.43. The molecule has 0 unspecified atom stereocenters. The first-order valence-corrected chi connectivity index (χ1v) is 8.27. The first-order valence-electron chi connectivity index (χ1n) is 8.27. The highest BCUT2D eigenvalue weighted by Gasteiger charge is 2.27. The minimum absolute atomic E-state index is 0.198. The highest BCUT2D eigenvalue weighted by Crippen LogP contribution is 2.28. The van der Waals surface area contributed by atoms with Gasteiger partial charge in [0.25, 0.3) is 5.56 Å². The van der Waals surface area contributed by atoms with Gasteiger partial charge in [0, 0.05) is 17.3 Å². The molecule has 1 heterocycles. The van der Waals surface area contributed by atoms with Gasteiger partial charge in [-0.25, -0.2) is 4.79 Å². The van der Waals surface area contributed by atoms with Crippen molar-refractivity contribution in [2.75, 3.05) is 0 Å². The Hall–Kier alpha value is -1.32. The molecule has 4 nitrogen and oxygen atoms in total. The standard InChI is InChI=1S/C17H30N2O2/c1-5-7-9-11-17(4,12-10-8-6-2)19-13-14(3)15(20)18-16(19)21/h13H,5-12H2,1-4H3,(H,18,20,21). The number of nitrogens with one attached hydrogen (secondary N) is 1. The molecule has 4 heteroatoms. The van der Waals surface area contributed by atoms with E-state index in [0.717, 1.165) is 25.7 Å². The van der Waals surface area contributed by atoms with Crippen LogP contribution in [0.4, 0.5) is 0 Å². The summed E-state index contributed by atoms with van der Waals surface area (Å²) in [6.07, 6.45) is 10.6. The van der Waals surface area contributed by atoms with Gasteiger partial charge in [0.15, 0.2) is 0 Å². The highest BCUT2D eigenvalue weighted by atomic mass is 16.2. The Kier molecular flexibility index (Phi) is 6.93. The fourth-order valence-electron chi connectivity index (χ4n) is 2.85. The molecule has 1 aromatic rings. The van der Waals surface area contributed by atoms with Crippen LogP contribution in [0.25, 0.3) is 0 Å². The van der Waals surface area contributed by atoms with Gasteiger partial charge < -0.3 is 0 Å². The van der Waals surface area contributed by atoms with Crippen molar-refractivity contribution in [3.05, 3.63) is 32.6 Å². The van der Waals surface area contributed by atoms with Crippen molar-refractivity contribution >= 4 is 0 Å². The van der Waals surface area contributed by atoms with Crippen LogP contribution in [0.15, 0.2) is 15.8 Å². The lowest BCUT2D eigenvalue weighted by atomic mass is 9.88. The third kappa shape index (κ3) is 4.87. The molecular formula is C17H30N2O2. The lowest BCUT2D eigenvalue weighted by Crippen LogP contribution is -2.42. The first kappa shape index (κ1) is 17.7. The van der Waals surface area contributed by atoms with Crippen LogP contribution in [0, 0.1) is 6.92 Å². The van der Waals surface area contributed by atoms with Crippen LogP contribution in [0.2, 0.25) is 0 Å². The SMILES string of the molecule is CCCCCC(C)(CCCCC)n1cc(C)c(=O)[nH]c1=O. The number of rotatable bonds is 9. The van der Waals surface area contributed by atoms with Crippen LogP contribution < -0.4 is 11.2 Å². The largest absolute Gasteiger partial charge is 0.328 e. The number of unbranched alkanes of at least 4 members (excludes halogenated alkanes) is 4. The van der Waals surface area contributed by atoms with E-state index in [-0.39, 0.29) is 16.8 Å². The molecular weight excluding hydrogens is 264 g/mol. The quantitative estimate of drug-likeness (QED) is 0.706. The van der Waals surface area contributed by atoms with Gasteiger partial charge in [-0.05, 0) is 26.7 Å². The maximum Gasteiger partial charge on any atom is 0.328 e. The number of H-pyrrole nitrogens is 1. The smallest absolute Gasteiger partial charge is 0.295 e. The molecule has 1 rings (SSSR count). The summed E-state index contributed by atoms with van der Waals surface area (Å²) < 4.78 is 1.76. The summed E-state index contributed by atoms with van der Waals surface area (Å²) in [7, 11) is 0. The first-order chi connectivity index (χ1) is 9.94. The van der Waals surface area contributed by atoms with Crippen molar-refractivity contribution in [2.45, 2.75) is 84.6 Å². The second kappa shape index (κ2) is 8.20. The Morgan fingerprint density at radius 2 is 1.57 bits per heavy atom. The lowest BCUT2D eigenvalue weighted by Gasteiger charge is -2.32. The van der Waals surface area contributed by atoms with Gasteiger partial charge >= 0.3 is 5.69 Å². The van der Waals surface area contributed by atoms with E-state index in [2.05, 4.69) is 25.8 Å². The zero-order valence-corrected chi connectivity index (χ0v) is 14.0. The van der Waals surface area contributed by atoms with Gasteiger partial charge in [0.1, 0.15) is 0 Å². The average molecular weight is 294 g/mol. The molecule has 0 saturated carbocycles. The third-order valence-corrected chi connectivity index (χ3v) is 4.34. The molecule has 0 atom stereocenters. The van der Waals surface area contributed by atoms with Crippen LogP contribution in [0.3, 0.4) is 0 Å². The van der Waals surface area contributed by atoms with Crippen LogP contribution in [-0.4, -0.2) is 9.55 Å². The molecule has 1 aromatic heterocycles. The van der Waals surface area contributed by atoms with Crippen LogP contribution in [-0.2, 0) is 5.54 Å². The van der Waals surface area contributed by atoms with E-state index >= 15 is 0 Å². The topological polar surface area (TPSA) is 54.9 Å². The van der Waals surface area contributed by atoms with E-state index in [9.17, 15) is 9.59 Å². The summed E-state index contributed by atoms with van der Waals surface area (Å²) in [6, 6.07) is 0. The molecule has 1 N–H and O–H groups in total. The van der Waals surface area contributed by atoms with Crippen LogP contribution >= 0.6 is 0 Å². The number of aromatic nitrogens is 2. The molecule has 21 heavy (non-hydrogen) atoms. The van der Waals surface area contributed by atoms with Crippen molar-refractivity contribution in [2.24, 2.45) is 0 Å². The van der Waals surface area contributed by atoms with Gasteiger partial charge in [-0.2, -0.15) is 0 Å². The summed E-state index contributed by atoms with van der Waals surface area (Å²) in [5, 5.41) is 0. The Labute approximate surface area is 127 Å². The van der Waals surface area contributed by atoms with E-state index in [0.29, 0.717) is 5.56 Å². The van der Waals surface area contributed by atoms with Crippen molar-refractivity contribution in [3.8, 4) is 0 Å². The molecule has 0 saturated heterocycles. The summed E-state index contributed by atoms with van der Waals surface area (Å²) in [4.78, 5) is 26.2. The second-order valence-electron chi connectivity index (χ2n) is 6.35. The molecule has 0 aliphatic carbocycles. The van der Waals surface area contributed by atoms with Crippen molar-refractivity contribution < 1.29 is 0 Å². The van der Waals surface area contributed by atoms with Gasteiger partial charge in [-0.3, -0.25) is 14.3 Å². The Morgan fingerprint density at radius 1 is 1.05 bits per heavy atom. The molecule has 0 aliphatic heterocycles. The Balaban J connectivity index is 3.07. The Morgan fingerprint density at radius 3 is 2.05 bits per heavy atom. The lowest BCUT2D eigenvalue weighted by molar-refractivity contribution is 0.241. The van der Waals surface area contributed by atoms with Gasteiger partial charge in [-0.1, -0.05) is 52.4 Å². The fraction of sp³-hybridized carbons (Fsp3) is 0.765. The summed E-state index contributed by atoms with van der Waals surface area (Å²) in [6.45, 7) is 8.28. The number of nitrogens with zero attached hydrogens (tertiary/aromatic N) is 1. The molecule has 120 valence electrons. The number of aryl methyl sites for hydroxylation is 1. The zero-order valence-electron chi connectivity index (χ0n) is 14.0. The van der Waals surface area contributed by atoms with Crippen LogP contribution in [0.5, 0.6) is 0 Å². The van der Waals surface area contributed by atoms with E-state index in [1.807, 2.05) is 0 Å². The van der Waals surface area contributed by atoms with Crippen LogP contribution in [0.1, 0.15) is 77.7 Å². The Bertz CT molecular complexity index is 532. The molecule has 0 aromatic carbocycles. The van der Waals surface area contributed by atoms with Gasteiger partial charge in [0.05, 0.1) is 0 Å². The molecule has 0 spiro atoms. The second-order valence-corrected chi connectivity index (χ2v) is 6.35. The van der Waals surface area contributed by atoms with Crippen molar-refractivity contribution in [3.63, 3.8) is 0 Å². The summed E-state index contributed by atoms with van der Waals surface area (Å²) in [5.41, 5.74) is -0.148. The van der Waals surface area contributed by atoms with E-state index in [1.54, 1.807) is 17.7 Å². The van der Waals surface area contributed by atoms with Crippen molar-refractivity contribution in [1.29, 1.82) is 0 Å². The van der Waals surface area contributed by atoms with E-state index < -0.39 is 0 Å². The minimum atomic E-state index is -0.277. The molecule has 0 aliphatic rings. The third-order valence-electron chi connectivity index (χ3n) is 4.34. The maximum atomic E-state index is 12.2. The maximum absolute atomic E-state index is 12.2. The normalized spacial score (nSPS) is 11.8. The van der Waals surface area contributed by atoms with E-state index in [4.69, 9.17) is 0 Å². The molecule has 0 fully saturated rings. The predicted molar refractivity (Wildman–Crippen MR) is 88.0 cm³/mol. The van der Waals surface area contributed by atoms with Crippen molar-refractivity contribution in [1.82, 2.24) is 9.55 Å².